The van der Waals surface area contributed by atoms with Gasteiger partial charge in [0.15, 0.2) is 5.11 Å². The normalized spacial score (nSPS) is 10.1. The molecule has 3 aromatic rings. The number of carbonyl (C=O) groups excluding carboxylic acids is 2. The van der Waals surface area contributed by atoms with Crippen LogP contribution in [0, 0.1) is 0 Å². The quantitative estimate of drug-likeness (QED) is 0.317. The molecule has 0 bridgehead atoms. The smallest absolute Gasteiger partial charge is 0.261 e. The Morgan fingerprint density at radius 1 is 0.818 bits per heavy atom. The molecule has 3 aromatic carbocycles. The lowest BCUT2D eigenvalue weighted by Gasteiger charge is -2.14. The summed E-state index contributed by atoms with van der Waals surface area (Å²) in [7, 11) is 0. The van der Waals surface area contributed by atoms with Gasteiger partial charge >= 0.3 is 0 Å². The SMILES string of the molecule is CCC(=O)Nc1cccc(NC(=S)NC(=O)c2ccccc2OCCOc2ccccc2)c1. The Kier molecular flexibility index (Phi) is 8.79. The minimum absolute atomic E-state index is 0.0891. The molecule has 170 valence electrons. The molecule has 0 spiro atoms. The van der Waals surface area contributed by atoms with E-state index in [0.717, 1.165) is 5.75 Å². The van der Waals surface area contributed by atoms with E-state index in [9.17, 15) is 9.59 Å². The van der Waals surface area contributed by atoms with Crippen LogP contribution in [0.5, 0.6) is 11.5 Å². The number of rotatable bonds is 9. The number of anilines is 2. The van der Waals surface area contributed by atoms with E-state index < -0.39 is 5.91 Å². The molecule has 0 radical (unpaired) electrons. The van der Waals surface area contributed by atoms with Crippen LogP contribution >= 0.6 is 12.2 Å². The second-order valence-corrected chi connectivity index (χ2v) is 7.31. The summed E-state index contributed by atoms with van der Waals surface area (Å²) in [4.78, 5) is 24.3. The van der Waals surface area contributed by atoms with Gasteiger partial charge in [-0.2, -0.15) is 0 Å². The third-order valence-electron chi connectivity index (χ3n) is 4.44. The number of para-hydroxylation sites is 2. The molecule has 3 rings (SSSR count). The zero-order valence-corrected chi connectivity index (χ0v) is 19.0. The fraction of sp³-hybridized carbons (Fsp3) is 0.160. The summed E-state index contributed by atoms with van der Waals surface area (Å²) in [5.74, 6) is 0.692. The Balaban J connectivity index is 1.54. The molecule has 0 atom stereocenters. The molecule has 0 aliphatic rings. The van der Waals surface area contributed by atoms with Crippen LogP contribution in [0.25, 0.3) is 0 Å². The highest BCUT2D eigenvalue weighted by atomic mass is 32.1. The number of amides is 2. The van der Waals surface area contributed by atoms with Crippen molar-refractivity contribution in [2.24, 2.45) is 0 Å². The molecule has 0 fully saturated rings. The maximum absolute atomic E-state index is 12.8. The van der Waals surface area contributed by atoms with Gasteiger partial charge in [0, 0.05) is 17.8 Å². The molecule has 0 unspecified atom stereocenters. The molecule has 3 N–H and O–H groups in total. The maximum atomic E-state index is 12.8. The Labute approximate surface area is 198 Å². The molecular formula is C25H25N3O4S. The number of thiocarbonyl (C=S) groups is 1. The highest BCUT2D eigenvalue weighted by Gasteiger charge is 2.14. The Hall–Kier alpha value is -3.91. The Morgan fingerprint density at radius 2 is 1.48 bits per heavy atom. The lowest BCUT2D eigenvalue weighted by atomic mass is 10.2. The van der Waals surface area contributed by atoms with Crippen LogP contribution in [0.1, 0.15) is 23.7 Å². The van der Waals surface area contributed by atoms with Gasteiger partial charge in [0.2, 0.25) is 5.91 Å². The van der Waals surface area contributed by atoms with Gasteiger partial charge in [-0.05, 0) is 54.7 Å². The van der Waals surface area contributed by atoms with Gasteiger partial charge in [0.25, 0.3) is 5.91 Å². The molecule has 8 heteroatoms. The van der Waals surface area contributed by atoms with Crippen LogP contribution in [-0.2, 0) is 4.79 Å². The third-order valence-corrected chi connectivity index (χ3v) is 4.64. The van der Waals surface area contributed by atoms with E-state index in [0.29, 0.717) is 35.7 Å². The lowest BCUT2D eigenvalue weighted by Crippen LogP contribution is -2.34. The lowest BCUT2D eigenvalue weighted by molar-refractivity contribution is -0.115. The van der Waals surface area contributed by atoms with E-state index in [1.165, 1.54) is 0 Å². The van der Waals surface area contributed by atoms with Crippen molar-refractivity contribution in [3.05, 3.63) is 84.4 Å². The number of ether oxygens (including phenoxy) is 2. The maximum Gasteiger partial charge on any atom is 0.261 e. The van der Waals surface area contributed by atoms with Crippen LogP contribution in [0.4, 0.5) is 11.4 Å². The molecular weight excluding hydrogens is 438 g/mol. The van der Waals surface area contributed by atoms with Crippen molar-refractivity contribution in [1.82, 2.24) is 5.32 Å². The van der Waals surface area contributed by atoms with Crippen LogP contribution in [0.3, 0.4) is 0 Å². The van der Waals surface area contributed by atoms with Crippen molar-refractivity contribution in [2.75, 3.05) is 23.8 Å². The summed E-state index contributed by atoms with van der Waals surface area (Å²) in [5, 5.41) is 8.51. The first-order valence-electron chi connectivity index (χ1n) is 10.5. The average Bonchev–Trinajstić information content (AvgIpc) is 2.82. The second-order valence-electron chi connectivity index (χ2n) is 6.90. The van der Waals surface area contributed by atoms with Gasteiger partial charge < -0.3 is 20.1 Å². The van der Waals surface area contributed by atoms with Crippen molar-refractivity contribution in [1.29, 1.82) is 0 Å². The van der Waals surface area contributed by atoms with E-state index in [4.69, 9.17) is 21.7 Å². The molecule has 0 saturated heterocycles. The third kappa shape index (κ3) is 7.62. The largest absolute Gasteiger partial charge is 0.490 e. The van der Waals surface area contributed by atoms with E-state index >= 15 is 0 Å². The van der Waals surface area contributed by atoms with E-state index in [2.05, 4.69) is 16.0 Å². The number of hydrogen-bond donors (Lipinski definition) is 3. The van der Waals surface area contributed by atoms with Crippen molar-refractivity contribution in [2.45, 2.75) is 13.3 Å². The molecule has 0 aliphatic heterocycles. The summed E-state index contributed by atoms with van der Waals surface area (Å²) < 4.78 is 11.4. The standard InChI is InChI=1S/C25H25N3O4S/c1-2-23(29)26-18-9-8-10-19(17-18)27-25(33)28-24(30)21-13-6-7-14-22(21)32-16-15-31-20-11-4-3-5-12-20/h3-14,17H,2,15-16H2,1H3,(H,26,29)(H2,27,28,30,33). The van der Waals surface area contributed by atoms with E-state index in [1.54, 1.807) is 55.5 Å². The van der Waals surface area contributed by atoms with Crippen LogP contribution in [-0.4, -0.2) is 30.1 Å². The van der Waals surface area contributed by atoms with Gasteiger partial charge in [-0.25, -0.2) is 0 Å². The van der Waals surface area contributed by atoms with Crippen LogP contribution in [0.2, 0.25) is 0 Å². The van der Waals surface area contributed by atoms with Crippen LogP contribution in [0.15, 0.2) is 78.9 Å². The minimum Gasteiger partial charge on any atom is -0.490 e. The van der Waals surface area contributed by atoms with Gasteiger partial charge in [-0.1, -0.05) is 43.3 Å². The molecule has 7 nitrogen and oxygen atoms in total. The molecule has 0 heterocycles. The number of hydrogen-bond acceptors (Lipinski definition) is 5. The van der Waals surface area contributed by atoms with Crippen LogP contribution < -0.4 is 25.4 Å². The number of nitrogens with one attached hydrogen (secondary N) is 3. The summed E-state index contributed by atoms with van der Waals surface area (Å²) in [5.41, 5.74) is 1.62. The van der Waals surface area contributed by atoms with Gasteiger partial charge in [0.1, 0.15) is 24.7 Å². The predicted octanol–water partition coefficient (Wildman–Crippen LogP) is 4.62. The topological polar surface area (TPSA) is 88.7 Å². The first kappa shape index (κ1) is 23.7. The average molecular weight is 464 g/mol. The van der Waals surface area contributed by atoms with Crippen molar-refractivity contribution in [3.63, 3.8) is 0 Å². The van der Waals surface area contributed by atoms with Gasteiger partial charge in [-0.3, -0.25) is 14.9 Å². The number of carbonyl (C=O) groups is 2. The minimum atomic E-state index is -0.400. The summed E-state index contributed by atoms with van der Waals surface area (Å²) in [6.07, 6.45) is 0.381. The fourth-order valence-electron chi connectivity index (χ4n) is 2.86. The highest BCUT2D eigenvalue weighted by molar-refractivity contribution is 7.80. The second kappa shape index (κ2) is 12.2. The Morgan fingerprint density at radius 3 is 2.24 bits per heavy atom. The fourth-order valence-corrected chi connectivity index (χ4v) is 3.08. The van der Waals surface area contributed by atoms with E-state index in [-0.39, 0.29) is 17.6 Å². The monoisotopic (exact) mass is 463 g/mol. The Bertz CT molecular complexity index is 1110. The summed E-state index contributed by atoms with van der Waals surface area (Å²) >= 11 is 5.28. The highest BCUT2D eigenvalue weighted by Crippen LogP contribution is 2.19. The first-order valence-corrected chi connectivity index (χ1v) is 10.9. The molecule has 0 aromatic heterocycles. The van der Waals surface area contributed by atoms with E-state index in [1.807, 2.05) is 30.3 Å². The summed E-state index contributed by atoms with van der Waals surface area (Å²) in [6.45, 7) is 2.39. The van der Waals surface area contributed by atoms with Crippen molar-refractivity contribution < 1.29 is 19.1 Å². The van der Waals surface area contributed by atoms with Crippen molar-refractivity contribution in [3.8, 4) is 11.5 Å². The molecule has 2 amide bonds. The zero-order chi connectivity index (χ0) is 23.5. The van der Waals surface area contributed by atoms with Crippen molar-refractivity contribution >= 4 is 40.5 Å². The number of benzene rings is 3. The predicted molar refractivity (Wildman–Crippen MR) is 133 cm³/mol. The van der Waals surface area contributed by atoms with Gasteiger partial charge in [-0.15, -0.1) is 0 Å². The molecule has 0 saturated carbocycles. The molecule has 0 aliphatic carbocycles. The zero-order valence-electron chi connectivity index (χ0n) is 18.2. The van der Waals surface area contributed by atoms with Gasteiger partial charge in [0.05, 0.1) is 5.56 Å². The summed E-state index contributed by atoms with van der Waals surface area (Å²) in [6, 6.07) is 23.4. The first-order chi connectivity index (χ1) is 16.0. The molecule has 33 heavy (non-hydrogen) atoms.